The van der Waals surface area contributed by atoms with Crippen LogP contribution in [0.2, 0.25) is 0 Å². The van der Waals surface area contributed by atoms with Gasteiger partial charge in [-0.2, -0.15) is 4.72 Å². The number of hydrogen-bond donors (Lipinski definition) is 1. The molecule has 196 valence electrons. The second-order valence-corrected chi connectivity index (χ2v) is 11.2. The van der Waals surface area contributed by atoms with Crippen LogP contribution < -0.4 is 10.3 Å². The van der Waals surface area contributed by atoms with Gasteiger partial charge < -0.3 is 18.6 Å². The first-order valence-corrected chi connectivity index (χ1v) is 13.4. The van der Waals surface area contributed by atoms with E-state index in [0.29, 0.717) is 27.9 Å². The van der Waals surface area contributed by atoms with Crippen LogP contribution in [0, 0.1) is 6.92 Å². The SMILES string of the molecule is COC(=O)c1sc(S(=O)(=O)NCC(=O)OCc2cc(=O)oc3cc4c(cc23)CCC4)c(C(=O)OC)c1C. The summed E-state index contributed by atoms with van der Waals surface area (Å²) in [5.41, 5.74) is 2.23. The first-order chi connectivity index (χ1) is 17.6. The number of ether oxygens (including phenoxy) is 3. The molecule has 1 aromatic carbocycles. The van der Waals surface area contributed by atoms with Crippen LogP contribution in [0.5, 0.6) is 0 Å². The molecule has 0 amide bonds. The Kier molecular flexibility index (Phi) is 7.48. The summed E-state index contributed by atoms with van der Waals surface area (Å²) in [6.45, 7) is 0.347. The average molecular weight is 550 g/mol. The molecule has 1 N–H and O–H groups in total. The quantitative estimate of drug-likeness (QED) is 0.251. The highest BCUT2D eigenvalue weighted by molar-refractivity contribution is 7.91. The number of thiophene rings is 1. The maximum absolute atomic E-state index is 12.9. The lowest BCUT2D eigenvalue weighted by molar-refractivity contribution is -0.143. The number of methoxy groups -OCH3 is 2. The molecular formula is C24H23NO10S2. The fourth-order valence-corrected chi connectivity index (χ4v) is 6.90. The van der Waals surface area contributed by atoms with Crippen molar-refractivity contribution in [1.29, 1.82) is 0 Å². The third kappa shape index (κ3) is 5.29. The van der Waals surface area contributed by atoms with Crippen molar-refractivity contribution in [2.75, 3.05) is 20.8 Å². The average Bonchev–Trinajstić information content (AvgIpc) is 3.47. The van der Waals surface area contributed by atoms with Crippen LogP contribution in [0.15, 0.2) is 31.6 Å². The van der Waals surface area contributed by atoms with Crippen molar-refractivity contribution in [2.24, 2.45) is 0 Å². The van der Waals surface area contributed by atoms with Crippen LogP contribution in [0.1, 0.15) is 48.7 Å². The lowest BCUT2D eigenvalue weighted by Gasteiger charge is -2.10. The first kappa shape index (κ1) is 26.5. The normalized spacial score (nSPS) is 12.8. The van der Waals surface area contributed by atoms with Gasteiger partial charge in [0.25, 0.3) is 10.0 Å². The van der Waals surface area contributed by atoms with Gasteiger partial charge in [-0.15, -0.1) is 11.3 Å². The number of carbonyl (C=O) groups is 3. The molecule has 0 aliphatic heterocycles. The van der Waals surface area contributed by atoms with Crippen LogP contribution in [0.4, 0.5) is 0 Å². The molecule has 37 heavy (non-hydrogen) atoms. The number of hydrogen-bond acceptors (Lipinski definition) is 11. The summed E-state index contributed by atoms with van der Waals surface area (Å²) >= 11 is 0.521. The molecule has 0 spiro atoms. The third-order valence-corrected chi connectivity index (χ3v) is 9.15. The molecule has 0 fully saturated rings. The lowest BCUT2D eigenvalue weighted by atomic mass is 10.0. The van der Waals surface area contributed by atoms with Gasteiger partial charge in [-0.25, -0.2) is 22.8 Å². The topological polar surface area (TPSA) is 155 Å². The van der Waals surface area contributed by atoms with E-state index in [-0.39, 0.29) is 22.6 Å². The highest BCUT2D eigenvalue weighted by atomic mass is 32.2. The zero-order valence-electron chi connectivity index (χ0n) is 20.2. The number of aryl methyl sites for hydroxylation is 2. The van der Waals surface area contributed by atoms with Gasteiger partial charge in [-0.05, 0) is 55.0 Å². The zero-order chi connectivity index (χ0) is 26.9. The molecule has 1 aliphatic rings. The van der Waals surface area contributed by atoms with Gasteiger partial charge in [-0.1, -0.05) is 0 Å². The molecule has 0 saturated carbocycles. The molecule has 4 rings (SSSR count). The van der Waals surface area contributed by atoms with Crippen molar-refractivity contribution in [1.82, 2.24) is 4.72 Å². The summed E-state index contributed by atoms with van der Waals surface area (Å²) in [7, 11) is -2.23. The molecule has 11 nitrogen and oxygen atoms in total. The van der Waals surface area contributed by atoms with Crippen LogP contribution >= 0.6 is 11.3 Å². The molecule has 0 atom stereocenters. The van der Waals surface area contributed by atoms with Gasteiger partial charge in [0.15, 0.2) is 4.21 Å². The van der Waals surface area contributed by atoms with Gasteiger partial charge in [0, 0.05) is 17.0 Å². The van der Waals surface area contributed by atoms with E-state index in [1.54, 1.807) is 0 Å². The van der Waals surface area contributed by atoms with E-state index in [2.05, 4.69) is 14.2 Å². The third-order valence-electron chi connectivity index (χ3n) is 5.96. The molecular weight excluding hydrogens is 526 g/mol. The fourth-order valence-electron chi connectivity index (χ4n) is 4.14. The largest absolute Gasteiger partial charge is 0.465 e. The van der Waals surface area contributed by atoms with Crippen LogP contribution in [-0.4, -0.2) is 47.1 Å². The summed E-state index contributed by atoms with van der Waals surface area (Å²) in [5, 5.41) is 0.640. The summed E-state index contributed by atoms with van der Waals surface area (Å²) in [6, 6.07) is 4.97. The molecule has 1 aliphatic carbocycles. The Morgan fingerprint density at radius 3 is 2.41 bits per heavy atom. The predicted octanol–water partition coefficient (Wildman–Crippen LogP) is 2.25. The highest BCUT2D eigenvalue weighted by Gasteiger charge is 2.33. The number of fused-ring (bicyclic) bond motifs is 2. The Morgan fingerprint density at radius 2 is 1.73 bits per heavy atom. The Labute approximate surface area is 215 Å². The Balaban J connectivity index is 1.50. The highest BCUT2D eigenvalue weighted by Crippen LogP contribution is 2.33. The molecule has 13 heteroatoms. The first-order valence-electron chi connectivity index (χ1n) is 11.1. The van der Waals surface area contributed by atoms with E-state index in [4.69, 9.17) is 9.15 Å². The van der Waals surface area contributed by atoms with Crippen molar-refractivity contribution >= 4 is 50.2 Å². The molecule has 0 radical (unpaired) electrons. The monoisotopic (exact) mass is 549 g/mol. The van der Waals surface area contributed by atoms with Gasteiger partial charge in [0.05, 0.1) is 19.8 Å². The number of esters is 3. The van der Waals surface area contributed by atoms with Gasteiger partial charge >= 0.3 is 23.5 Å². The number of carbonyl (C=O) groups excluding carboxylic acids is 3. The molecule has 2 heterocycles. The van der Waals surface area contributed by atoms with E-state index >= 15 is 0 Å². The fraction of sp³-hybridized carbons (Fsp3) is 0.333. The second kappa shape index (κ2) is 10.4. The van der Waals surface area contributed by atoms with Crippen LogP contribution in [0.3, 0.4) is 0 Å². The Morgan fingerprint density at radius 1 is 1.05 bits per heavy atom. The minimum absolute atomic E-state index is 0.0768. The number of rotatable bonds is 8. The van der Waals surface area contributed by atoms with Crippen molar-refractivity contribution in [2.45, 2.75) is 37.0 Å². The Bertz CT molecular complexity index is 1580. The van der Waals surface area contributed by atoms with E-state index in [1.165, 1.54) is 13.0 Å². The van der Waals surface area contributed by atoms with E-state index in [1.807, 2.05) is 12.1 Å². The lowest BCUT2D eigenvalue weighted by Crippen LogP contribution is -2.31. The van der Waals surface area contributed by atoms with E-state index in [9.17, 15) is 27.6 Å². The Hall–Kier alpha value is -3.55. The van der Waals surface area contributed by atoms with Crippen LogP contribution in [-0.2, 0) is 48.5 Å². The van der Waals surface area contributed by atoms with Gasteiger partial charge in [0.1, 0.15) is 23.6 Å². The molecule has 3 aromatic rings. The van der Waals surface area contributed by atoms with Crippen LogP contribution in [0.25, 0.3) is 11.0 Å². The van der Waals surface area contributed by atoms with E-state index in [0.717, 1.165) is 44.6 Å². The maximum atomic E-state index is 12.9. The van der Waals surface area contributed by atoms with Gasteiger partial charge in [-0.3, -0.25) is 4.79 Å². The van der Waals surface area contributed by atoms with Gasteiger partial charge in [0.2, 0.25) is 0 Å². The summed E-state index contributed by atoms with van der Waals surface area (Å²) in [6.07, 6.45) is 2.80. The standard InChI is InChI=1S/C24H23NO10S2/c1-12-20(22(28)32-2)24(36-21(12)23(29)33-3)37(30,31)25-10-19(27)34-11-15-9-18(26)35-17-8-14-6-4-5-13(14)7-16(15)17/h7-9,25H,4-6,10-11H2,1-3H3. The maximum Gasteiger partial charge on any atom is 0.348 e. The molecule has 0 bridgehead atoms. The summed E-state index contributed by atoms with van der Waals surface area (Å²) < 4.78 is 47.3. The van der Waals surface area contributed by atoms with Crippen molar-refractivity contribution < 1.29 is 41.4 Å². The van der Waals surface area contributed by atoms with Crippen molar-refractivity contribution in [3.05, 3.63) is 61.3 Å². The smallest absolute Gasteiger partial charge is 0.348 e. The minimum Gasteiger partial charge on any atom is -0.465 e. The van der Waals surface area contributed by atoms with Crippen molar-refractivity contribution in [3.63, 3.8) is 0 Å². The molecule has 0 unspecified atom stereocenters. The minimum atomic E-state index is -4.42. The molecule has 0 saturated heterocycles. The number of sulfonamides is 1. The number of nitrogens with one attached hydrogen (secondary N) is 1. The summed E-state index contributed by atoms with van der Waals surface area (Å²) in [4.78, 5) is 48.6. The summed E-state index contributed by atoms with van der Waals surface area (Å²) in [5.74, 6) is -2.71. The van der Waals surface area contributed by atoms with E-state index < -0.39 is 44.3 Å². The zero-order valence-corrected chi connectivity index (χ0v) is 21.8. The second-order valence-electron chi connectivity index (χ2n) is 8.25. The predicted molar refractivity (Wildman–Crippen MR) is 131 cm³/mol. The molecule has 2 aromatic heterocycles. The number of benzene rings is 1. The van der Waals surface area contributed by atoms with Crippen molar-refractivity contribution in [3.8, 4) is 0 Å².